The molecule has 0 saturated heterocycles. The van der Waals surface area contributed by atoms with Crippen molar-refractivity contribution in [2.75, 3.05) is 13.2 Å². The van der Waals surface area contributed by atoms with Crippen molar-refractivity contribution >= 4 is 17.7 Å². The van der Waals surface area contributed by atoms with E-state index >= 15 is 0 Å². The Morgan fingerprint density at radius 2 is 2.04 bits per heavy atom. The van der Waals surface area contributed by atoms with E-state index in [9.17, 15) is 14.4 Å². The van der Waals surface area contributed by atoms with E-state index < -0.39 is 5.97 Å². The van der Waals surface area contributed by atoms with Crippen LogP contribution in [0.15, 0.2) is 22.8 Å². The Hall–Kier alpha value is -2.83. The summed E-state index contributed by atoms with van der Waals surface area (Å²) in [5.74, 6) is -0.102. The Balaban J connectivity index is 1.81. The predicted molar refractivity (Wildman–Crippen MR) is 102 cm³/mol. The van der Waals surface area contributed by atoms with Crippen molar-refractivity contribution < 1.29 is 23.5 Å². The molecule has 1 saturated carbocycles. The van der Waals surface area contributed by atoms with Gasteiger partial charge in [0.05, 0.1) is 26.0 Å². The molecule has 3 rings (SSSR count). The summed E-state index contributed by atoms with van der Waals surface area (Å²) in [4.78, 5) is 42.5. The van der Waals surface area contributed by atoms with Gasteiger partial charge in [-0.05, 0) is 51.3 Å². The van der Waals surface area contributed by atoms with E-state index in [0.717, 1.165) is 19.3 Å². The molecule has 1 amide bonds. The average molecular weight is 386 g/mol. The molecule has 2 aromatic heterocycles. The van der Waals surface area contributed by atoms with Gasteiger partial charge in [-0.25, -0.2) is 4.79 Å². The van der Waals surface area contributed by atoms with Crippen molar-refractivity contribution in [2.24, 2.45) is 5.92 Å². The molecule has 2 aromatic rings. The summed E-state index contributed by atoms with van der Waals surface area (Å²) in [6.45, 7) is 5.64. The average Bonchev–Trinajstić information content (AvgIpc) is 3.20. The number of aromatic amines is 1. The van der Waals surface area contributed by atoms with Gasteiger partial charge < -0.3 is 19.0 Å². The van der Waals surface area contributed by atoms with Gasteiger partial charge in [0.15, 0.2) is 5.78 Å². The lowest BCUT2D eigenvalue weighted by Crippen LogP contribution is -2.41. The van der Waals surface area contributed by atoms with Gasteiger partial charge in [0.1, 0.15) is 11.5 Å². The second-order valence-electron chi connectivity index (χ2n) is 7.17. The highest BCUT2D eigenvalue weighted by Gasteiger charge is 2.32. The highest BCUT2D eigenvalue weighted by Crippen LogP contribution is 2.29. The largest absolute Gasteiger partial charge is 0.467 e. The number of H-pyrrole nitrogens is 1. The summed E-state index contributed by atoms with van der Waals surface area (Å²) in [5, 5.41) is 0. The van der Waals surface area contributed by atoms with Crippen LogP contribution in [-0.4, -0.2) is 40.7 Å². The standard InChI is InChI=1S/C21H26N2O5/c1-4-27-21(26)19-13(2)18(14(3)22-19)17(24)12-23(11-16-9-6-10-28-16)20(25)15-7-5-8-15/h6,9-10,15,22H,4-5,7-8,11-12H2,1-3H3. The lowest BCUT2D eigenvalue weighted by Gasteiger charge is -2.31. The molecule has 7 nitrogen and oxygen atoms in total. The number of carbonyl (C=O) groups is 3. The molecular formula is C21H26N2O5. The monoisotopic (exact) mass is 386 g/mol. The number of hydrogen-bond donors (Lipinski definition) is 1. The zero-order valence-corrected chi connectivity index (χ0v) is 16.5. The minimum atomic E-state index is -0.486. The Morgan fingerprint density at radius 1 is 1.29 bits per heavy atom. The molecule has 0 aliphatic heterocycles. The summed E-state index contributed by atoms with van der Waals surface area (Å²) in [6.07, 6.45) is 4.31. The molecule has 7 heteroatoms. The first-order valence-corrected chi connectivity index (χ1v) is 9.63. The molecule has 0 unspecified atom stereocenters. The maximum absolute atomic E-state index is 13.1. The first kappa shape index (κ1) is 19.9. The number of esters is 1. The molecule has 1 aliphatic rings. The van der Waals surface area contributed by atoms with Gasteiger partial charge >= 0.3 is 5.97 Å². The van der Waals surface area contributed by atoms with Crippen LogP contribution < -0.4 is 0 Å². The molecule has 0 spiro atoms. The zero-order valence-electron chi connectivity index (χ0n) is 16.5. The second-order valence-corrected chi connectivity index (χ2v) is 7.17. The van der Waals surface area contributed by atoms with Crippen molar-refractivity contribution in [1.29, 1.82) is 0 Å². The van der Waals surface area contributed by atoms with Gasteiger partial charge in [0, 0.05) is 17.2 Å². The minimum absolute atomic E-state index is 0.0209. The van der Waals surface area contributed by atoms with E-state index in [0.29, 0.717) is 22.6 Å². The Labute approximate surface area is 164 Å². The van der Waals surface area contributed by atoms with E-state index in [4.69, 9.17) is 9.15 Å². The third-order valence-corrected chi connectivity index (χ3v) is 5.22. The van der Waals surface area contributed by atoms with Crippen LogP contribution in [0.25, 0.3) is 0 Å². The third kappa shape index (κ3) is 4.03. The highest BCUT2D eigenvalue weighted by atomic mass is 16.5. The summed E-state index contributed by atoms with van der Waals surface area (Å²) >= 11 is 0. The van der Waals surface area contributed by atoms with Gasteiger partial charge in [-0.15, -0.1) is 0 Å². The molecule has 150 valence electrons. The second kappa shape index (κ2) is 8.46. The molecular weight excluding hydrogens is 360 g/mol. The highest BCUT2D eigenvalue weighted by molar-refractivity contribution is 6.04. The summed E-state index contributed by atoms with van der Waals surface area (Å²) < 4.78 is 10.4. The fourth-order valence-corrected chi connectivity index (χ4v) is 3.54. The van der Waals surface area contributed by atoms with Crippen molar-refractivity contribution in [3.05, 3.63) is 46.7 Å². The van der Waals surface area contributed by atoms with Crippen LogP contribution in [0.3, 0.4) is 0 Å². The van der Waals surface area contributed by atoms with Gasteiger partial charge in [0.25, 0.3) is 0 Å². The van der Waals surface area contributed by atoms with Crippen molar-refractivity contribution in [1.82, 2.24) is 9.88 Å². The van der Waals surface area contributed by atoms with Gasteiger partial charge in [-0.3, -0.25) is 9.59 Å². The number of Topliss-reactive ketones (excluding diaryl/α,β-unsaturated/α-hetero) is 1. The lowest BCUT2D eigenvalue weighted by atomic mass is 9.84. The maximum atomic E-state index is 13.1. The third-order valence-electron chi connectivity index (χ3n) is 5.22. The quantitative estimate of drug-likeness (QED) is 0.554. The van der Waals surface area contributed by atoms with E-state index in [1.807, 2.05) is 0 Å². The lowest BCUT2D eigenvalue weighted by molar-refractivity contribution is -0.138. The van der Waals surface area contributed by atoms with Crippen molar-refractivity contribution in [3.8, 4) is 0 Å². The van der Waals surface area contributed by atoms with E-state index in [1.54, 1.807) is 44.1 Å². The van der Waals surface area contributed by atoms with Gasteiger partial charge in [-0.1, -0.05) is 6.42 Å². The number of hydrogen-bond acceptors (Lipinski definition) is 5. The zero-order chi connectivity index (χ0) is 20.3. The van der Waals surface area contributed by atoms with Crippen molar-refractivity contribution in [2.45, 2.75) is 46.6 Å². The van der Waals surface area contributed by atoms with Gasteiger partial charge in [0.2, 0.25) is 5.91 Å². The maximum Gasteiger partial charge on any atom is 0.355 e. The summed E-state index contributed by atoms with van der Waals surface area (Å²) in [7, 11) is 0. The van der Waals surface area contributed by atoms with E-state index in [2.05, 4.69) is 4.98 Å². The molecule has 1 aliphatic carbocycles. The minimum Gasteiger partial charge on any atom is -0.467 e. The predicted octanol–water partition coefficient (Wildman–Crippen LogP) is 3.41. The molecule has 0 atom stereocenters. The fourth-order valence-electron chi connectivity index (χ4n) is 3.54. The van der Waals surface area contributed by atoms with Crippen molar-refractivity contribution in [3.63, 3.8) is 0 Å². The first-order valence-electron chi connectivity index (χ1n) is 9.63. The van der Waals surface area contributed by atoms with Crippen LogP contribution >= 0.6 is 0 Å². The van der Waals surface area contributed by atoms with Crippen LogP contribution in [0.5, 0.6) is 0 Å². The normalized spacial score (nSPS) is 13.8. The number of nitrogens with zero attached hydrogens (tertiary/aromatic N) is 1. The van der Waals surface area contributed by atoms with E-state index in [1.165, 1.54) is 0 Å². The smallest absolute Gasteiger partial charge is 0.355 e. The first-order chi connectivity index (χ1) is 13.4. The summed E-state index contributed by atoms with van der Waals surface area (Å²) in [6, 6.07) is 3.55. The fraction of sp³-hybridized carbons (Fsp3) is 0.476. The van der Waals surface area contributed by atoms with Crippen LogP contribution in [0.2, 0.25) is 0 Å². The number of ketones is 1. The molecule has 28 heavy (non-hydrogen) atoms. The van der Waals surface area contributed by atoms with Gasteiger partial charge in [-0.2, -0.15) is 0 Å². The number of amides is 1. The Bertz CT molecular complexity index is 862. The number of nitrogens with one attached hydrogen (secondary N) is 1. The Kier molecular flexibility index (Phi) is 6.02. The number of rotatable bonds is 8. The molecule has 1 fully saturated rings. The number of aryl methyl sites for hydroxylation is 1. The van der Waals surface area contributed by atoms with E-state index in [-0.39, 0.29) is 43.0 Å². The Morgan fingerprint density at radius 3 is 2.61 bits per heavy atom. The SMILES string of the molecule is CCOC(=O)c1[nH]c(C)c(C(=O)CN(Cc2ccco2)C(=O)C2CCC2)c1C. The number of carbonyl (C=O) groups excluding carboxylic acids is 3. The number of furan rings is 1. The van der Waals surface area contributed by atoms with Crippen LogP contribution in [0.1, 0.15) is 64.1 Å². The number of ether oxygens (including phenoxy) is 1. The molecule has 0 radical (unpaired) electrons. The van der Waals surface area contributed by atoms with Crippen LogP contribution in [-0.2, 0) is 16.1 Å². The molecule has 0 bridgehead atoms. The molecule has 0 aromatic carbocycles. The summed E-state index contributed by atoms with van der Waals surface area (Å²) in [5.41, 5.74) is 1.87. The molecule has 1 N–H and O–H groups in total. The number of aromatic nitrogens is 1. The van der Waals surface area contributed by atoms with Crippen LogP contribution in [0, 0.1) is 19.8 Å². The van der Waals surface area contributed by atoms with Crippen LogP contribution in [0.4, 0.5) is 0 Å². The topological polar surface area (TPSA) is 92.6 Å². The molecule has 2 heterocycles.